The Bertz CT molecular complexity index is 1870. The third-order valence-corrected chi connectivity index (χ3v) is 10.3. The summed E-state index contributed by atoms with van der Waals surface area (Å²) >= 11 is 0. The second-order valence-corrected chi connectivity index (χ2v) is 13.1. The average Bonchev–Trinajstić information content (AvgIpc) is 3.13. The van der Waals surface area contributed by atoms with E-state index in [0.29, 0.717) is 11.1 Å². The Labute approximate surface area is 271 Å². The van der Waals surface area contributed by atoms with Crippen LogP contribution in [0.4, 0.5) is 34.1 Å². The van der Waals surface area contributed by atoms with Crippen LogP contribution < -0.4 is 24.3 Å². The van der Waals surface area contributed by atoms with Gasteiger partial charge in [-0.3, -0.25) is 4.90 Å². The van der Waals surface area contributed by atoms with Gasteiger partial charge >= 0.3 is 0 Å². The van der Waals surface area contributed by atoms with E-state index in [-0.39, 0.29) is 0 Å². The van der Waals surface area contributed by atoms with E-state index in [1.165, 1.54) is 19.3 Å². The Morgan fingerprint density at radius 1 is 0.478 bits per heavy atom. The van der Waals surface area contributed by atoms with Crippen LogP contribution in [0.15, 0.2) is 60.7 Å². The van der Waals surface area contributed by atoms with Crippen LogP contribution in [0.25, 0.3) is 10.8 Å². The quantitative estimate of drug-likeness (QED) is 0.201. The maximum absolute atomic E-state index is 11.0. The Morgan fingerprint density at radius 3 is 1.52 bits per heavy atom. The fourth-order valence-electron chi connectivity index (χ4n) is 8.08. The SMILES string of the molecule is N#Cc1c(C#N)c(N2CCCCC2)c(N2c3ccccc3Oc3cc4ccccc4cc32)c(N2CCCCC2)c1N1CCCCC1. The number of hydrogen-bond acceptors (Lipinski definition) is 7. The summed E-state index contributed by atoms with van der Waals surface area (Å²) in [5.41, 5.74) is 6.94. The summed E-state index contributed by atoms with van der Waals surface area (Å²) in [5.74, 6) is 1.59. The third-order valence-electron chi connectivity index (χ3n) is 10.3. The molecule has 0 atom stereocenters. The molecule has 0 unspecified atom stereocenters. The van der Waals surface area contributed by atoms with Gasteiger partial charge in [0.2, 0.25) is 0 Å². The fraction of sp³-hybridized carbons (Fsp3) is 0.385. The largest absolute Gasteiger partial charge is 0.453 e. The molecule has 0 amide bonds. The van der Waals surface area contributed by atoms with Crippen molar-refractivity contribution >= 4 is 44.9 Å². The van der Waals surface area contributed by atoms with Crippen molar-refractivity contribution in [1.82, 2.24) is 0 Å². The van der Waals surface area contributed by atoms with E-state index in [1.807, 2.05) is 12.1 Å². The molecule has 4 aromatic carbocycles. The monoisotopic (exact) mass is 608 g/mol. The van der Waals surface area contributed by atoms with Crippen LogP contribution in [-0.2, 0) is 0 Å². The van der Waals surface area contributed by atoms with Crippen molar-refractivity contribution in [3.8, 4) is 23.6 Å². The van der Waals surface area contributed by atoms with E-state index in [2.05, 4.69) is 80.3 Å². The maximum Gasteiger partial charge on any atom is 0.152 e. The van der Waals surface area contributed by atoms with Gasteiger partial charge in [-0.2, -0.15) is 10.5 Å². The molecule has 7 nitrogen and oxygen atoms in total. The Hall–Kier alpha value is -4.88. The summed E-state index contributed by atoms with van der Waals surface area (Å²) in [7, 11) is 0. The van der Waals surface area contributed by atoms with Gasteiger partial charge in [-0.15, -0.1) is 0 Å². The van der Waals surface area contributed by atoms with Crippen LogP contribution in [0.5, 0.6) is 11.5 Å². The van der Waals surface area contributed by atoms with Gasteiger partial charge in [-0.25, -0.2) is 0 Å². The number of hydrogen-bond donors (Lipinski definition) is 0. The van der Waals surface area contributed by atoms with E-state index in [0.717, 1.165) is 134 Å². The number of fused-ring (bicyclic) bond motifs is 3. The van der Waals surface area contributed by atoms with Crippen LogP contribution in [-0.4, -0.2) is 39.3 Å². The van der Waals surface area contributed by atoms with Crippen molar-refractivity contribution in [2.75, 3.05) is 58.9 Å². The lowest BCUT2D eigenvalue weighted by Crippen LogP contribution is -2.38. The number of para-hydroxylation sites is 2. The minimum absolute atomic E-state index is 0.507. The van der Waals surface area contributed by atoms with E-state index in [9.17, 15) is 10.5 Å². The van der Waals surface area contributed by atoms with Gasteiger partial charge < -0.3 is 19.4 Å². The van der Waals surface area contributed by atoms with Gasteiger partial charge in [0.15, 0.2) is 11.5 Å². The lowest BCUT2D eigenvalue weighted by atomic mass is 9.93. The predicted molar refractivity (Wildman–Crippen MR) is 186 cm³/mol. The van der Waals surface area contributed by atoms with Crippen molar-refractivity contribution in [1.29, 1.82) is 10.5 Å². The smallest absolute Gasteiger partial charge is 0.152 e. The number of rotatable bonds is 4. The van der Waals surface area contributed by atoms with Gasteiger partial charge in [0.05, 0.1) is 45.3 Å². The summed E-state index contributed by atoms with van der Waals surface area (Å²) in [6.45, 7) is 5.38. The van der Waals surface area contributed by atoms with E-state index >= 15 is 0 Å². The van der Waals surface area contributed by atoms with Crippen molar-refractivity contribution in [3.05, 3.63) is 71.8 Å². The van der Waals surface area contributed by atoms with Crippen LogP contribution in [0.1, 0.15) is 68.9 Å². The van der Waals surface area contributed by atoms with Crippen LogP contribution >= 0.6 is 0 Å². The number of ether oxygens (including phenoxy) is 1. The molecular weight excluding hydrogens is 568 g/mol. The van der Waals surface area contributed by atoms with Crippen molar-refractivity contribution in [3.63, 3.8) is 0 Å². The highest BCUT2D eigenvalue weighted by Crippen LogP contribution is 2.59. The standard InChI is InChI=1S/C39H40N6O/c40-26-30-31(27-41)37(43-20-10-2-11-21-43)39(38(44-22-12-3-13-23-44)36(30)42-18-8-1-9-19-42)45-32-16-6-7-17-34(32)46-35-25-29-15-5-4-14-28(29)24-33(35)45/h4-7,14-17,24-25H,1-3,8-13,18-23H2. The molecule has 4 aliphatic rings. The summed E-state index contributed by atoms with van der Waals surface area (Å²) in [5, 5.41) is 24.2. The first-order valence-corrected chi connectivity index (χ1v) is 17.2. The lowest BCUT2D eigenvalue weighted by molar-refractivity contribution is 0.477. The molecule has 8 rings (SSSR count). The first kappa shape index (κ1) is 28.6. The molecule has 46 heavy (non-hydrogen) atoms. The highest BCUT2D eigenvalue weighted by atomic mass is 16.5. The summed E-state index contributed by atoms with van der Waals surface area (Å²) in [4.78, 5) is 9.75. The zero-order valence-electron chi connectivity index (χ0n) is 26.5. The first-order chi connectivity index (χ1) is 22.8. The third kappa shape index (κ3) is 4.77. The number of nitriles is 2. The molecule has 0 radical (unpaired) electrons. The summed E-state index contributed by atoms with van der Waals surface area (Å²) < 4.78 is 6.66. The summed E-state index contributed by atoms with van der Waals surface area (Å²) in [6.07, 6.45) is 10.1. The molecule has 0 N–H and O–H groups in total. The second-order valence-electron chi connectivity index (χ2n) is 13.1. The molecule has 4 heterocycles. The zero-order valence-corrected chi connectivity index (χ0v) is 26.5. The number of nitrogens with zero attached hydrogens (tertiary/aromatic N) is 6. The minimum Gasteiger partial charge on any atom is -0.453 e. The van der Waals surface area contributed by atoms with Gasteiger partial charge in [0.25, 0.3) is 0 Å². The van der Waals surface area contributed by atoms with Crippen LogP contribution in [0.3, 0.4) is 0 Å². The lowest BCUT2D eigenvalue weighted by Gasteiger charge is -2.44. The average molecular weight is 609 g/mol. The van der Waals surface area contributed by atoms with E-state index in [1.54, 1.807) is 0 Å². The second kappa shape index (κ2) is 12.1. The highest BCUT2D eigenvalue weighted by molar-refractivity contribution is 6.07. The molecule has 4 aromatic rings. The minimum atomic E-state index is 0.507. The topological polar surface area (TPSA) is 69.8 Å². The van der Waals surface area contributed by atoms with Gasteiger partial charge in [-0.05, 0) is 92.8 Å². The molecule has 0 aromatic heterocycles. The molecule has 4 aliphatic heterocycles. The van der Waals surface area contributed by atoms with Gasteiger partial charge in [0, 0.05) is 39.3 Å². The zero-order chi connectivity index (χ0) is 31.0. The van der Waals surface area contributed by atoms with Crippen molar-refractivity contribution in [2.45, 2.75) is 57.8 Å². The molecule has 0 saturated carbocycles. The van der Waals surface area contributed by atoms with Crippen molar-refractivity contribution in [2.24, 2.45) is 0 Å². The molecular formula is C39H40N6O. The van der Waals surface area contributed by atoms with Gasteiger partial charge in [0.1, 0.15) is 12.1 Å². The normalized spacial score (nSPS) is 18.0. The first-order valence-electron chi connectivity index (χ1n) is 17.2. The molecule has 0 spiro atoms. The van der Waals surface area contributed by atoms with E-state index < -0.39 is 0 Å². The fourth-order valence-corrected chi connectivity index (χ4v) is 8.08. The molecule has 3 saturated heterocycles. The highest BCUT2D eigenvalue weighted by Gasteiger charge is 2.39. The van der Waals surface area contributed by atoms with Crippen molar-refractivity contribution < 1.29 is 4.74 Å². The number of benzene rings is 4. The molecule has 7 heteroatoms. The Morgan fingerprint density at radius 2 is 0.957 bits per heavy atom. The van der Waals surface area contributed by atoms with E-state index in [4.69, 9.17) is 4.74 Å². The van der Waals surface area contributed by atoms with Gasteiger partial charge in [-0.1, -0.05) is 36.4 Å². The Kier molecular flexibility index (Phi) is 7.54. The number of piperidine rings is 3. The molecule has 0 aliphatic carbocycles. The van der Waals surface area contributed by atoms with Crippen LogP contribution in [0.2, 0.25) is 0 Å². The van der Waals surface area contributed by atoms with Crippen LogP contribution in [0, 0.1) is 22.7 Å². The Balaban J connectivity index is 1.52. The molecule has 3 fully saturated rings. The summed E-state index contributed by atoms with van der Waals surface area (Å²) in [6, 6.07) is 26.3. The predicted octanol–water partition coefficient (Wildman–Crippen LogP) is 9.13. The maximum atomic E-state index is 11.0. The number of anilines is 6. The molecule has 0 bridgehead atoms. The molecule has 232 valence electrons.